The second-order valence-corrected chi connectivity index (χ2v) is 9.34. The van der Waals surface area contributed by atoms with Crippen LogP contribution in [0.15, 0.2) is 22.7 Å². The lowest BCUT2D eigenvalue weighted by molar-refractivity contribution is -0.133. The Morgan fingerprint density at radius 1 is 1.43 bits per heavy atom. The number of ether oxygens (including phenoxy) is 1. The van der Waals surface area contributed by atoms with Gasteiger partial charge in [0.15, 0.2) is 5.16 Å². The molecule has 1 aliphatic rings. The molecule has 1 atom stereocenters. The van der Waals surface area contributed by atoms with E-state index in [0.29, 0.717) is 13.1 Å². The SMILES string of the molecule is CCN(CC(=O)NCc1cccs1)C(=O)CSc1nc(C)c(C)n1CC1CCCO1. The number of likely N-dealkylation sites (N-methyl/N-ethyl adjacent to an activating group) is 1. The summed E-state index contributed by atoms with van der Waals surface area (Å²) in [6, 6.07) is 3.93. The van der Waals surface area contributed by atoms with Gasteiger partial charge in [0.2, 0.25) is 11.8 Å². The summed E-state index contributed by atoms with van der Waals surface area (Å²) in [4.78, 5) is 32.3. The molecule has 0 saturated carbocycles. The summed E-state index contributed by atoms with van der Waals surface area (Å²) in [7, 11) is 0. The molecule has 2 amide bonds. The van der Waals surface area contributed by atoms with Crippen LogP contribution in [-0.2, 0) is 27.4 Å². The Kier molecular flexibility index (Phi) is 8.35. The van der Waals surface area contributed by atoms with Crippen LogP contribution in [0, 0.1) is 13.8 Å². The second-order valence-electron chi connectivity index (χ2n) is 7.36. The van der Waals surface area contributed by atoms with Gasteiger partial charge in [-0.25, -0.2) is 4.98 Å². The van der Waals surface area contributed by atoms with Crippen LogP contribution in [0.3, 0.4) is 0 Å². The highest BCUT2D eigenvalue weighted by atomic mass is 32.2. The maximum absolute atomic E-state index is 12.7. The van der Waals surface area contributed by atoms with Gasteiger partial charge in [-0.1, -0.05) is 17.8 Å². The van der Waals surface area contributed by atoms with Crippen LogP contribution in [0.2, 0.25) is 0 Å². The van der Waals surface area contributed by atoms with Crippen LogP contribution in [0.25, 0.3) is 0 Å². The molecule has 3 heterocycles. The number of amides is 2. The zero-order valence-corrected chi connectivity index (χ0v) is 19.5. The van der Waals surface area contributed by atoms with Crippen molar-refractivity contribution in [1.29, 1.82) is 0 Å². The normalized spacial score (nSPS) is 16.0. The van der Waals surface area contributed by atoms with Gasteiger partial charge in [-0.15, -0.1) is 11.3 Å². The van der Waals surface area contributed by atoms with Gasteiger partial charge >= 0.3 is 0 Å². The van der Waals surface area contributed by atoms with Crippen LogP contribution < -0.4 is 5.32 Å². The van der Waals surface area contributed by atoms with E-state index in [1.807, 2.05) is 31.4 Å². The summed E-state index contributed by atoms with van der Waals surface area (Å²) in [5.41, 5.74) is 2.09. The number of nitrogens with zero attached hydrogens (tertiary/aromatic N) is 3. The molecule has 1 N–H and O–H groups in total. The third kappa shape index (κ3) is 6.09. The van der Waals surface area contributed by atoms with Gasteiger partial charge in [0, 0.05) is 23.7 Å². The van der Waals surface area contributed by atoms with Crippen LogP contribution in [0.5, 0.6) is 0 Å². The standard InChI is InChI=1S/C21H30N4O3S2/c1-4-24(13-19(26)22-11-18-8-6-10-29-18)20(27)14-30-21-23-15(2)16(3)25(21)12-17-7-5-9-28-17/h6,8,10,17H,4-5,7,9,11-14H2,1-3H3,(H,22,26). The van der Waals surface area contributed by atoms with Crippen molar-refractivity contribution in [2.75, 3.05) is 25.4 Å². The summed E-state index contributed by atoms with van der Waals surface area (Å²) < 4.78 is 7.93. The molecule has 2 aromatic rings. The third-order valence-electron chi connectivity index (χ3n) is 5.27. The van der Waals surface area contributed by atoms with Crippen LogP contribution in [0.4, 0.5) is 0 Å². The average Bonchev–Trinajstić information content (AvgIpc) is 3.48. The Labute approximate surface area is 186 Å². The number of thiophene rings is 1. The van der Waals surface area contributed by atoms with E-state index in [-0.39, 0.29) is 30.2 Å². The summed E-state index contributed by atoms with van der Waals surface area (Å²) in [5, 5.41) is 5.70. The fraction of sp³-hybridized carbons (Fsp3) is 0.571. The molecule has 0 spiro atoms. The molecule has 1 fully saturated rings. The maximum Gasteiger partial charge on any atom is 0.239 e. The lowest BCUT2D eigenvalue weighted by atomic mass is 10.2. The van der Waals surface area contributed by atoms with Crippen LogP contribution >= 0.6 is 23.1 Å². The predicted octanol–water partition coefficient (Wildman–Crippen LogP) is 3.00. The van der Waals surface area contributed by atoms with Crippen LogP contribution in [-0.4, -0.2) is 57.8 Å². The monoisotopic (exact) mass is 450 g/mol. The zero-order valence-electron chi connectivity index (χ0n) is 17.8. The van der Waals surface area contributed by atoms with E-state index in [4.69, 9.17) is 4.74 Å². The molecule has 0 aliphatic carbocycles. The van der Waals surface area contributed by atoms with E-state index >= 15 is 0 Å². The van der Waals surface area contributed by atoms with Crippen molar-refractivity contribution in [3.63, 3.8) is 0 Å². The van der Waals surface area contributed by atoms with Crippen molar-refractivity contribution < 1.29 is 14.3 Å². The van der Waals surface area contributed by atoms with Crippen molar-refractivity contribution in [3.8, 4) is 0 Å². The number of carbonyl (C=O) groups is 2. The Balaban J connectivity index is 1.53. The van der Waals surface area contributed by atoms with E-state index in [2.05, 4.69) is 21.8 Å². The van der Waals surface area contributed by atoms with Crippen molar-refractivity contribution >= 4 is 34.9 Å². The molecule has 0 radical (unpaired) electrons. The molecule has 2 aromatic heterocycles. The molecule has 30 heavy (non-hydrogen) atoms. The number of aryl methyl sites for hydroxylation is 1. The first kappa shape index (κ1) is 22.8. The number of aromatic nitrogens is 2. The van der Waals surface area contributed by atoms with E-state index in [0.717, 1.165) is 47.4 Å². The molecule has 3 rings (SSSR count). The van der Waals surface area contributed by atoms with Gasteiger partial charge in [-0.2, -0.15) is 0 Å². The molecular formula is C21H30N4O3S2. The largest absolute Gasteiger partial charge is 0.376 e. The van der Waals surface area contributed by atoms with E-state index in [9.17, 15) is 9.59 Å². The highest BCUT2D eigenvalue weighted by Gasteiger charge is 2.22. The summed E-state index contributed by atoms with van der Waals surface area (Å²) >= 11 is 3.03. The van der Waals surface area contributed by atoms with Crippen molar-refractivity contribution in [1.82, 2.24) is 19.8 Å². The van der Waals surface area contributed by atoms with Gasteiger partial charge in [0.25, 0.3) is 0 Å². The van der Waals surface area contributed by atoms with Gasteiger partial charge in [0.1, 0.15) is 0 Å². The number of imidazole rings is 1. The molecule has 164 valence electrons. The number of carbonyl (C=O) groups excluding carboxylic acids is 2. The Bertz CT molecular complexity index is 845. The summed E-state index contributed by atoms with van der Waals surface area (Å²) in [5.74, 6) is 0.0545. The number of hydrogen-bond donors (Lipinski definition) is 1. The molecule has 0 bridgehead atoms. The van der Waals surface area contributed by atoms with E-state index < -0.39 is 0 Å². The summed E-state index contributed by atoms with van der Waals surface area (Å²) in [6.45, 7) is 8.59. The average molecular weight is 451 g/mol. The van der Waals surface area contributed by atoms with E-state index in [1.165, 1.54) is 11.8 Å². The minimum Gasteiger partial charge on any atom is -0.376 e. The Hall–Kier alpha value is -1.84. The zero-order chi connectivity index (χ0) is 21.5. The number of rotatable bonds is 10. The summed E-state index contributed by atoms with van der Waals surface area (Å²) in [6.07, 6.45) is 2.37. The fourth-order valence-corrected chi connectivity index (χ4v) is 5.01. The molecule has 0 aromatic carbocycles. The first-order chi connectivity index (χ1) is 14.5. The third-order valence-corrected chi connectivity index (χ3v) is 7.10. The molecular weight excluding hydrogens is 420 g/mol. The molecule has 1 unspecified atom stereocenters. The first-order valence-corrected chi connectivity index (χ1v) is 12.2. The van der Waals surface area contributed by atoms with Gasteiger partial charge in [0.05, 0.1) is 37.2 Å². The number of nitrogens with one attached hydrogen (secondary N) is 1. The highest BCUT2D eigenvalue weighted by Crippen LogP contribution is 2.24. The fourth-order valence-electron chi connectivity index (χ4n) is 3.36. The van der Waals surface area contributed by atoms with Crippen molar-refractivity contribution in [2.24, 2.45) is 0 Å². The molecule has 9 heteroatoms. The topological polar surface area (TPSA) is 76.5 Å². The maximum atomic E-state index is 12.7. The van der Waals surface area contributed by atoms with Gasteiger partial charge in [-0.3, -0.25) is 9.59 Å². The van der Waals surface area contributed by atoms with Crippen LogP contribution in [0.1, 0.15) is 36.0 Å². The lowest BCUT2D eigenvalue weighted by Crippen LogP contribution is -2.41. The predicted molar refractivity (Wildman–Crippen MR) is 120 cm³/mol. The van der Waals surface area contributed by atoms with E-state index in [1.54, 1.807) is 16.2 Å². The second kappa shape index (κ2) is 11.0. The minimum absolute atomic E-state index is 0.0595. The van der Waals surface area contributed by atoms with Crippen molar-refractivity contribution in [2.45, 2.75) is 58.0 Å². The highest BCUT2D eigenvalue weighted by molar-refractivity contribution is 7.99. The quantitative estimate of drug-likeness (QED) is 0.563. The minimum atomic E-state index is -0.143. The molecule has 1 aliphatic heterocycles. The lowest BCUT2D eigenvalue weighted by Gasteiger charge is -2.20. The number of thioether (sulfide) groups is 1. The van der Waals surface area contributed by atoms with Crippen molar-refractivity contribution in [3.05, 3.63) is 33.8 Å². The smallest absolute Gasteiger partial charge is 0.239 e. The molecule has 7 nitrogen and oxygen atoms in total. The van der Waals surface area contributed by atoms with Gasteiger partial charge < -0.3 is 19.5 Å². The first-order valence-electron chi connectivity index (χ1n) is 10.3. The van der Waals surface area contributed by atoms with Gasteiger partial charge in [-0.05, 0) is 45.1 Å². The number of hydrogen-bond acceptors (Lipinski definition) is 6. The molecule has 1 saturated heterocycles. The Morgan fingerprint density at radius 3 is 2.93 bits per heavy atom. The Morgan fingerprint density at radius 2 is 2.27 bits per heavy atom.